The number of nitrogens with one attached hydrogen (secondary N) is 1. The SMILES string of the molecule is O=C(CCSc1nnc(-c2ccccc2Cl)n1-c1ccccc1)NCc1ccccc1. The predicted octanol–water partition coefficient (Wildman–Crippen LogP) is 5.39. The molecule has 0 aliphatic rings. The van der Waals surface area contributed by atoms with E-state index in [0.717, 1.165) is 22.0 Å². The summed E-state index contributed by atoms with van der Waals surface area (Å²) in [5.74, 6) is 1.27. The van der Waals surface area contributed by atoms with Crippen molar-refractivity contribution < 1.29 is 4.79 Å². The van der Waals surface area contributed by atoms with Crippen LogP contribution in [0.5, 0.6) is 0 Å². The number of aromatic nitrogens is 3. The molecule has 0 spiro atoms. The molecule has 4 rings (SSSR count). The van der Waals surface area contributed by atoms with E-state index in [1.807, 2.05) is 89.5 Å². The lowest BCUT2D eigenvalue weighted by Gasteiger charge is -2.11. The van der Waals surface area contributed by atoms with E-state index in [-0.39, 0.29) is 5.91 Å². The van der Waals surface area contributed by atoms with Crippen LogP contribution in [0.4, 0.5) is 0 Å². The fourth-order valence-electron chi connectivity index (χ4n) is 3.11. The zero-order valence-electron chi connectivity index (χ0n) is 16.7. The Labute approximate surface area is 190 Å². The molecule has 1 amide bonds. The second-order valence-electron chi connectivity index (χ2n) is 6.82. The van der Waals surface area contributed by atoms with Gasteiger partial charge in [0.1, 0.15) is 0 Å². The monoisotopic (exact) mass is 448 g/mol. The lowest BCUT2D eigenvalue weighted by Crippen LogP contribution is -2.23. The van der Waals surface area contributed by atoms with Crippen molar-refractivity contribution in [3.8, 4) is 17.1 Å². The predicted molar refractivity (Wildman–Crippen MR) is 125 cm³/mol. The molecule has 0 aliphatic carbocycles. The van der Waals surface area contributed by atoms with Gasteiger partial charge in [-0.1, -0.05) is 84.0 Å². The number of nitrogens with zero attached hydrogens (tertiary/aromatic N) is 3. The normalized spacial score (nSPS) is 10.7. The summed E-state index contributed by atoms with van der Waals surface area (Å²) in [6, 6.07) is 27.4. The van der Waals surface area contributed by atoms with Crippen molar-refractivity contribution in [2.24, 2.45) is 0 Å². The molecule has 156 valence electrons. The van der Waals surface area contributed by atoms with E-state index in [0.29, 0.717) is 29.6 Å². The van der Waals surface area contributed by atoms with Gasteiger partial charge in [-0.3, -0.25) is 9.36 Å². The highest BCUT2D eigenvalue weighted by Crippen LogP contribution is 2.31. The summed E-state index contributed by atoms with van der Waals surface area (Å²) in [5, 5.41) is 13.1. The number of rotatable bonds is 8. The van der Waals surface area contributed by atoms with Crippen molar-refractivity contribution in [3.05, 3.63) is 95.5 Å². The average molecular weight is 449 g/mol. The quantitative estimate of drug-likeness (QED) is 0.367. The fourth-order valence-corrected chi connectivity index (χ4v) is 4.22. The van der Waals surface area contributed by atoms with E-state index in [4.69, 9.17) is 11.6 Å². The third-order valence-electron chi connectivity index (χ3n) is 4.66. The van der Waals surface area contributed by atoms with Crippen molar-refractivity contribution in [1.29, 1.82) is 0 Å². The van der Waals surface area contributed by atoms with Gasteiger partial charge < -0.3 is 5.32 Å². The Morgan fingerprint density at radius 2 is 1.58 bits per heavy atom. The van der Waals surface area contributed by atoms with Gasteiger partial charge in [0.05, 0.1) is 5.02 Å². The summed E-state index contributed by atoms with van der Waals surface area (Å²) in [4.78, 5) is 12.2. The van der Waals surface area contributed by atoms with Crippen LogP contribution in [-0.4, -0.2) is 26.4 Å². The highest BCUT2D eigenvalue weighted by molar-refractivity contribution is 7.99. The maximum atomic E-state index is 12.2. The average Bonchev–Trinajstić information content (AvgIpc) is 3.23. The Bertz CT molecular complexity index is 1150. The molecular formula is C24H21ClN4OS. The smallest absolute Gasteiger partial charge is 0.221 e. The molecule has 31 heavy (non-hydrogen) atoms. The minimum atomic E-state index is 0.00783. The number of carbonyl (C=O) groups is 1. The van der Waals surface area contributed by atoms with Crippen LogP contribution >= 0.6 is 23.4 Å². The van der Waals surface area contributed by atoms with Gasteiger partial charge in [-0.2, -0.15) is 0 Å². The van der Waals surface area contributed by atoms with Crippen LogP contribution in [0.2, 0.25) is 5.02 Å². The first-order chi connectivity index (χ1) is 15.2. The summed E-state index contributed by atoms with van der Waals surface area (Å²) in [6.07, 6.45) is 0.389. The Balaban J connectivity index is 1.47. The summed E-state index contributed by atoms with van der Waals surface area (Å²) in [7, 11) is 0. The number of hydrogen-bond acceptors (Lipinski definition) is 4. The van der Waals surface area contributed by atoms with E-state index >= 15 is 0 Å². The Hall–Kier alpha value is -3.09. The molecule has 1 aromatic heterocycles. The number of benzene rings is 3. The molecule has 0 radical (unpaired) electrons. The number of amides is 1. The molecule has 0 saturated carbocycles. The van der Waals surface area contributed by atoms with Crippen LogP contribution in [-0.2, 0) is 11.3 Å². The number of hydrogen-bond donors (Lipinski definition) is 1. The highest BCUT2D eigenvalue weighted by Gasteiger charge is 2.18. The molecule has 0 unspecified atom stereocenters. The van der Waals surface area contributed by atoms with Crippen LogP contribution in [0, 0.1) is 0 Å². The van der Waals surface area contributed by atoms with Gasteiger partial charge in [-0.05, 0) is 29.8 Å². The summed E-state index contributed by atoms with van der Waals surface area (Å²) < 4.78 is 1.98. The van der Waals surface area contributed by atoms with E-state index in [1.165, 1.54) is 11.8 Å². The van der Waals surface area contributed by atoms with Crippen LogP contribution in [0.25, 0.3) is 17.1 Å². The van der Waals surface area contributed by atoms with Crippen molar-refractivity contribution in [3.63, 3.8) is 0 Å². The van der Waals surface area contributed by atoms with Gasteiger partial charge in [-0.15, -0.1) is 10.2 Å². The highest BCUT2D eigenvalue weighted by atomic mass is 35.5. The molecule has 0 fully saturated rings. The molecule has 0 bridgehead atoms. The molecule has 3 aromatic carbocycles. The summed E-state index contributed by atoms with van der Waals surface area (Å²) >= 11 is 7.92. The van der Waals surface area contributed by atoms with Crippen LogP contribution in [0.1, 0.15) is 12.0 Å². The maximum absolute atomic E-state index is 12.2. The number of thioether (sulfide) groups is 1. The number of halogens is 1. The van der Waals surface area contributed by atoms with E-state index in [1.54, 1.807) is 0 Å². The minimum Gasteiger partial charge on any atom is -0.352 e. The van der Waals surface area contributed by atoms with Gasteiger partial charge in [0, 0.05) is 30.0 Å². The molecule has 0 aliphatic heterocycles. The second kappa shape index (κ2) is 10.3. The first-order valence-electron chi connectivity index (χ1n) is 9.91. The first kappa shape index (κ1) is 21.2. The van der Waals surface area contributed by atoms with Gasteiger partial charge >= 0.3 is 0 Å². The number of para-hydroxylation sites is 1. The van der Waals surface area contributed by atoms with Gasteiger partial charge in [-0.25, -0.2) is 0 Å². The molecule has 1 N–H and O–H groups in total. The Morgan fingerprint density at radius 1 is 0.903 bits per heavy atom. The van der Waals surface area contributed by atoms with Crippen molar-refractivity contribution in [2.75, 3.05) is 5.75 Å². The third-order valence-corrected chi connectivity index (χ3v) is 5.92. The minimum absolute atomic E-state index is 0.00783. The fraction of sp³-hybridized carbons (Fsp3) is 0.125. The number of carbonyl (C=O) groups excluding carboxylic acids is 1. The molecule has 0 saturated heterocycles. The molecule has 5 nitrogen and oxygen atoms in total. The first-order valence-corrected chi connectivity index (χ1v) is 11.3. The Kier molecular flexibility index (Phi) is 7.02. The van der Waals surface area contributed by atoms with E-state index in [2.05, 4.69) is 15.5 Å². The van der Waals surface area contributed by atoms with E-state index < -0.39 is 0 Å². The largest absolute Gasteiger partial charge is 0.352 e. The van der Waals surface area contributed by atoms with Crippen LogP contribution < -0.4 is 5.32 Å². The molecule has 1 heterocycles. The van der Waals surface area contributed by atoms with E-state index in [9.17, 15) is 4.79 Å². The van der Waals surface area contributed by atoms with Crippen LogP contribution in [0.3, 0.4) is 0 Å². The van der Waals surface area contributed by atoms with Crippen LogP contribution in [0.15, 0.2) is 90.1 Å². The Morgan fingerprint density at radius 3 is 2.32 bits per heavy atom. The third kappa shape index (κ3) is 5.34. The molecule has 4 aromatic rings. The van der Waals surface area contributed by atoms with Crippen molar-refractivity contribution in [1.82, 2.24) is 20.1 Å². The van der Waals surface area contributed by atoms with Crippen molar-refractivity contribution in [2.45, 2.75) is 18.1 Å². The zero-order chi connectivity index (χ0) is 21.5. The maximum Gasteiger partial charge on any atom is 0.221 e. The lowest BCUT2D eigenvalue weighted by molar-refractivity contribution is -0.120. The lowest BCUT2D eigenvalue weighted by atomic mass is 10.2. The summed E-state index contributed by atoms with van der Waals surface area (Å²) in [5.41, 5.74) is 2.84. The standard InChI is InChI=1S/C24H21ClN4OS/c25-21-14-8-7-13-20(21)23-27-28-24(29(23)19-11-5-2-6-12-19)31-16-15-22(30)26-17-18-9-3-1-4-10-18/h1-14H,15-17H2,(H,26,30). The second-order valence-corrected chi connectivity index (χ2v) is 8.29. The van der Waals surface area contributed by atoms with Gasteiger partial charge in [0.25, 0.3) is 0 Å². The topological polar surface area (TPSA) is 59.8 Å². The molecule has 7 heteroatoms. The van der Waals surface area contributed by atoms with Gasteiger partial charge in [0.15, 0.2) is 11.0 Å². The van der Waals surface area contributed by atoms with Gasteiger partial charge in [0.2, 0.25) is 5.91 Å². The zero-order valence-corrected chi connectivity index (χ0v) is 18.3. The summed E-state index contributed by atoms with van der Waals surface area (Å²) in [6.45, 7) is 0.529. The molecule has 0 atom stereocenters. The van der Waals surface area contributed by atoms with Crippen molar-refractivity contribution >= 4 is 29.3 Å². The molecular weight excluding hydrogens is 428 g/mol.